The van der Waals surface area contributed by atoms with Gasteiger partial charge in [-0.1, -0.05) is 48.2 Å². The van der Waals surface area contributed by atoms with Crippen LogP contribution in [0, 0.1) is 13.8 Å². The minimum Gasteiger partial charge on any atom is -0.356 e. The van der Waals surface area contributed by atoms with Crippen molar-refractivity contribution >= 4 is 57.4 Å². The van der Waals surface area contributed by atoms with E-state index in [2.05, 4.69) is 4.90 Å². The van der Waals surface area contributed by atoms with Gasteiger partial charge in [0.15, 0.2) is 4.32 Å². The second-order valence-corrected chi connectivity index (χ2v) is 11.7. The molecular weight excluding hydrogens is 544 g/mol. The second-order valence-electron chi connectivity index (χ2n) is 10.0. The van der Waals surface area contributed by atoms with Crippen LogP contribution in [0.5, 0.6) is 0 Å². The van der Waals surface area contributed by atoms with Crippen LogP contribution in [0.4, 0.5) is 11.5 Å². The number of anilines is 2. The molecule has 9 nitrogen and oxygen atoms in total. The number of benzene rings is 1. The van der Waals surface area contributed by atoms with Crippen LogP contribution in [0.1, 0.15) is 36.1 Å². The number of carbonyl (C=O) groups excluding carboxylic acids is 1. The predicted octanol–water partition coefficient (Wildman–Crippen LogP) is 4.20. The first-order chi connectivity index (χ1) is 19.3. The Morgan fingerprint density at radius 3 is 2.40 bits per heavy atom. The van der Waals surface area contributed by atoms with E-state index >= 15 is 0 Å². The van der Waals surface area contributed by atoms with Gasteiger partial charge in [-0.05, 0) is 62.9 Å². The standard InChI is InChI=1S/C29H28N6O3S2/c1-18-11-10-16-33-24(18)30-25(32-14-8-5-9-15-32)21(26(33)36)17-22-27(37)34(29(39)40-22)23-19(2)31(3)35(28(23)38)20-12-6-4-7-13-20/h4,6-7,10-13,16-17H,5,8-9,14-15H2,1-3H3/b22-17+. The van der Waals surface area contributed by atoms with Gasteiger partial charge < -0.3 is 4.90 Å². The first-order valence-corrected chi connectivity index (χ1v) is 14.4. The average Bonchev–Trinajstić information content (AvgIpc) is 3.35. The normalized spacial score (nSPS) is 17.0. The number of amides is 1. The van der Waals surface area contributed by atoms with E-state index in [1.165, 1.54) is 14.0 Å². The molecule has 11 heteroatoms. The molecule has 204 valence electrons. The number of fused-ring (bicyclic) bond motifs is 1. The van der Waals surface area contributed by atoms with Gasteiger partial charge >= 0.3 is 0 Å². The van der Waals surface area contributed by atoms with Gasteiger partial charge in [0.05, 0.1) is 21.8 Å². The van der Waals surface area contributed by atoms with Crippen LogP contribution in [0.25, 0.3) is 17.4 Å². The number of thioether (sulfide) groups is 1. The molecular formula is C29H28N6O3S2. The molecule has 5 heterocycles. The maximum absolute atomic E-state index is 13.8. The summed E-state index contributed by atoms with van der Waals surface area (Å²) in [6.07, 6.45) is 6.45. The van der Waals surface area contributed by atoms with Crippen molar-refractivity contribution in [3.8, 4) is 5.69 Å². The Hall–Kier alpha value is -3.96. The van der Waals surface area contributed by atoms with Crippen LogP contribution >= 0.6 is 24.0 Å². The highest BCUT2D eigenvalue weighted by molar-refractivity contribution is 8.27. The van der Waals surface area contributed by atoms with Crippen LogP contribution in [0.2, 0.25) is 0 Å². The first-order valence-electron chi connectivity index (χ1n) is 13.2. The molecule has 0 bridgehead atoms. The summed E-state index contributed by atoms with van der Waals surface area (Å²) in [6, 6.07) is 13.0. The lowest BCUT2D eigenvalue weighted by molar-refractivity contribution is -0.113. The van der Waals surface area contributed by atoms with E-state index < -0.39 is 5.91 Å². The van der Waals surface area contributed by atoms with Crippen molar-refractivity contribution in [1.82, 2.24) is 18.7 Å². The lowest BCUT2D eigenvalue weighted by Crippen LogP contribution is -2.34. The largest absolute Gasteiger partial charge is 0.356 e. The Kier molecular flexibility index (Phi) is 6.71. The van der Waals surface area contributed by atoms with E-state index in [9.17, 15) is 14.4 Å². The van der Waals surface area contributed by atoms with E-state index in [4.69, 9.17) is 17.2 Å². The SMILES string of the molecule is Cc1cccn2c(=O)c(/C=C3/SC(=S)N(c4c(C)n(C)n(-c5ccccc5)c4=O)C3=O)c(N3CCCCC3)nc12. The van der Waals surface area contributed by atoms with Crippen LogP contribution < -0.4 is 20.9 Å². The van der Waals surface area contributed by atoms with Gasteiger partial charge in [-0.15, -0.1) is 0 Å². The van der Waals surface area contributed by atoms with Crippen LogP contribution in [0.3, 0.4) is 0 Å². The highest BCUT2D eigenvalue weighted by Crippen LogP contribution is 2.37. The molecule has 3 aromatic heterocycles. The second kappa shape index (κ2) is 10.2. The zero-order valence-electron chi connectivity index (χ0n) is 22.5. The Bertz CT molecular complexity index is 1830. The maximum Gasteiger partial charge on any atom is 0.296 e. The number of pyridine rings is 1. The summed E-state index contributed by atoms with van der Waals surface area (Å²) in [6.45, 7) is 5.29. The third kappa shape index (κ3) is 4.20. The third-order valence-corrected chi connectivity index (χ3v) is 8.84. The third-order valence-electron chi connectivity index (χ3n) is 7.54. The van der Waals surface area contributed by atoms with Crippen molar-refractivity contribution in [3.63, 3.8) is 0 Å². The number of nitrogens with zero attached hydrogens (tertiary/aromatic N) is 6. The summed E-state index contributed by atoms with van der Waals surface area (Å²) in [5.41, 5.74) is 2.73. The fourth-order valence-corrected chi connectivity index (χ4v) is 6.63. The molecule has 0 spiro atoms. The molecule has 2 aliphatic heterocycles. The molecule has 2 saturated heterocycles. The predicted molar refractivity (Wildman–Crippen MR) is 164 cm³/mol. The van der Waals surface area contributed by atoms with Crippen molar-refractivity contribution in [1.29, 1.82) is 0 Å². The average molecular weight is 573 g/mol. The highest BCUT2D eigenvalue weighted by Gasteiger charge is 2.38. The molecule has 6 rings (SSSR count). The Balaban J connectivity index is 1.48. The molecule has 0 unspecified atom stereocenters. The number of para-hydroxylation sites is 1. The van der Waals surface area contributed by atoms with Crippen molar-refractivity contribution < 1.29 is 4.79 Å². The molecule has 40 heavy (non-hydrogen) atoms. The quantitative estimate of drug-likeness (QED) is 0.268. The Labute approximate surface area is 240 Å². The van der Waals surface area contributed by atoms with Crippen molar-refractivity contribution in [3.05, 3.63) is 91.1 Å². The van der Waals surface area contributed by atoms with Gasteiger partial charge in [0.1, 0.15) is 17.2 Å². The Morgan fingerprint density at radius 1 is 0.950 bits per heavy atom. The fourth-order valence-electron chi connectivity index (χ4n) is 5.38. The monoisotopic (exact) mass is 572 g/mol. The zero-order valence-corrected chi connectivity index (χ0v) is 24.1. The van der Waals surface area contributed by atoms with Crippen molar-refractivity contribution in [2.75, 3.05) is 22.9 Å². The number of carbonyl (C=O) groups is 1. The van der Waals surface area contributed by atoms with Crippen molar-refractivity contribution in [2.45, 2.75) is 33.1 Å². The summed E-state index contributed by atoms with van der Waals surface area (Å²) < 4.78 is 5.00. The summed E-state index contributed by atoms with van der Waals surface area (Å²) in [7, 11) is 1.77. The molecule has 2 aliphatic rings. The highest BCUT2D eigenvalue weighted by atomic mass is 32.2. The minimum absolute atomic E-state index is 0.206. The van der Waals surface area contributed by atoms with Gasteiger partial charge in [0, 0.05) is 26.3 Å². The summed E-state index contributed by atoms with van der Waals surface area (Å²) in [4.78, 5) is 49.9. The number of hydrogen-bond donors (Lipinski definition) is 0. The first kappa shape index (κ1) is 26.3. The Morgan fingerprint density at radius 2 is 1.68 bits per heavy atom. The summed E-state index contributed by atoms with van der Waals surface area (Å²) in [5, 5.41) is 0. The van der Waals surface area contributed by atoms with Gasteiger partial charge in [-0.3, -0.25) is 28.4 Å². The van der Waals surface area contributed by atoms with E-state index in [-0.39, 0.29) is 26.0 Å². The lowest BCUT2D eigenvalue weighted by atomic mass is 10.1. The minimum atomic E-state index is -0.431. The zero-order chi connectivity index (χ0) is 28.1. The lowest BCUT2D eigenvalue weighted by Gasteiger charge is -2.29. The maximum atomic E-state index is 13.8. The van der Waals surface area contributed by atoms with Crippen LogP contribution in [0.15, 0.2) is 63.2 Å². The van der Waals surface area contributed by atoms with Crippen molar-refractivity contribution in [2.24, 2.45) is 7.05 Å². The van der Waals surface area contributed by atoms with E-state index in [0.29, 0.717) is 28.4 Å². The molecule has 1 amide bonds. The molecule has 0 aliphatic carbocycles. The van der Waals surface area contributed by atoms with E-state index in [1.54, 1.807) is 30.9 Å². The number of aromatic nitrogens is 4. The summed E-state index contributed by atoms with van der Waals surface area (Å²) in [5.74, 6) is 0.144. The van der Waals surface area contributed by atoms with Crippen LogP contribution in [-0.2, 0) is 11.8 Å². The molecule has 4 aromatic rings. The van der Waals surface area contributed by atoms with Gasteiger partial charge in [-0.25, -0.2) is 9.67 Å². The van der Waals surface area contributed by atoms with Crippen LogP contribution in [-0.4, -0.2) is 42.1 Å². The molecule has 0 N–H and O–H groups in total. The number of hydrogen-bond acceptors (Lipinski definition) is 7. The topological polar surface area (TPSA) is 84.8 Å². The number of rotatable bonds is 4. The fraction of sp³-hybridized carbons (Fsp3) is 0.276. The molecule has 2 fully saturated rings. The number of thiocarbonyl (C=S) groups is 1. The summed E-state index contributed by atoms with van der Waals surface area (Å²) >= 11 is 6.72. The number of aryl methyl sites for hydroxylation is 1. The van der Waals surface area contributed by atoms with Gasteiger partial charge in [0.25, 0.3) is 17.0 Å². The van der Waals surface area contributed by atoms with Gasteiger partial charge in [0.2, 0.25) is 0 Å². The molecule has 0 atom stereocenters. The molecule has 0 saturated carbocycles. The molecule has 0 radical (unpaired) electrons. The molecule has 1 aromatic carbocycles. The number of piperidine rings is 1. The van der Waals surface area contributed by atoms with Gasteiger partial charge in [-0.2, -0.15) is 0 Å². The van der Waals surface area contributed by atoms with E-state index in [0.717, 1.165) is 49.7 Å². The van der Waals surface area contributed by atoms with E-state index in [1.807, 2.05) is 49.4 Å². The smallest absolute Gasteiger partial charge is 0.296 e.